The number of carbonyl (C=O) groups excluding carboxylic acids is 4. The van der Waals surface area contributed by atoms with Crippen LogP contribution >= 0.6 is 23.1 Å². The van der Waals surface area contributed by atoms with Crippen molar-refractivity contribution in [1.29, 1.82) is 0 Å². The Morgan fingerprint density at radius 3 is 1.75 bits per heavy atom. The number of benzene rings is 1. The summed E-state index contributed by atoms with van der Waals surface area (Å²) in [5, 5.41) is 16.3. The van der Waals surface area contributed by atoms with Crippen LogP contribution in [-0.2, 0) is 39.8 Å². The van der Waals surface area contributed by atoms with Gasteiger partial charge < -0.3 is 45.7 Å². The highest BCUT2D eigenvalue weighted by Gasteiger charge is 2.32. The number of hydrogen-bond donors (Lipinski definition) is 5. The molecule has 16 heteroatoms. The molecule has 2 rings (SSSR count). The molecule has 4 amide bonds. The number of unbranched alkanes of at least 4 members (excludes halogenated alkanes) is 2. The van der Waals surface area contributed by atoms with Crippen LogP contribution in [-0.4, -0.2) is 111 Å². The number of alkyl carbamates (subject to hydrolysis) is 1. The van der Waals surface area contributed by atoms with Gasteiger partial charge in [0, 0.05) is 13.1 Å². The lowest BCUT2D eigenvalue weighted by Gasteiger charge is -2.30. The van der Waals surface area contributed by atoms with Gasteiger partial charge in [-0.25, -0.2) is 9.78 Å². The molecule has 0 fully saturated rings. The van der Waals surface area contributed by atoms with Gasteiger partial charge in [0.1, 0.15) is 18.2 Å². The van der Waals surface area contributed by atoms with Crippen LogP contribution in [0.4, 0.5) is 4.79 Å². The third kappa shape index (κ3) is 53.1. The van der Waals surface area contributed by atoms with Crippen LogP contribution < -0.4 is 21.7 Å². The molecule has 0 radical (unpaired) electrons. The van der Waals surface area contributed by atoms with Crippen molar-refractivity contribution in [2.24, 2.45) is 17.1 Å². The number of rotatable bonds is 22. The highest BCUT2D eigenvalue weighted by Crippen LogP contribution is 2.27. The van der Waals surface area contributed by atoms with Gasteiger partial charge in [-0.15, -0.1) is 11.3 Å². The van der Waals surface area contributed by atoms with Gasteiger partial charge in [0.25, 0.3) is 0 Å². The maximum Gasteiger partial charge on any atom is 0.407 e. The highest BCUT2D eigenvalue weighted by atomic mass is 32.2. The molecule has 1 aromatic heterocycles. The van der Waals surface area contributed by atoms with Crippen LogP contribution in [0.25, 0.3) is 10.4 Å². The first-order valence-electron chi connectivity index (χ1n) is 23.9. The van der Waals surface area contributed by atoms with E-state index in [1.165, 1.54) is 28.7 Å². The zero-order chi connectivity index (χ0) is 53.3. The molecule has 1 unspecified atom stereocenters. The second-order valence-corrected chi connectivity index (χ2v) is 17.6. The predicted octanol–water partition coefficient (Wildman–Crippen LogP) is 11.3. The van der Waals surface area contributed by atoms with Crippen molar-refractivity contribution in [3.8, 4) is 10.4 Å². The number of nitrogens with one attached hydrogen (secondary N) is 3. The van der Waals surface area contributed by atoms with Crippen LogP contribution in [0.2, 0.25) is 0 Å². The number of amides is 4. The third-order valence-electron chi connectivity index (χ3n) is 7.23. The third-order valence-corrected chi connectivity index (χ3v) is 9.21. The van der Waals surface area contributed by atoms with Gasteiger partial charge in [0.2, 0.25) is 18.2 Å². The summed E-state index contributed by atoms with van der Waals surface area (Å²) in [5.74, 6) is 1.77. The predicted molar refractivity (Wildman–Crippen MR) is 287 cm³/mol. The van der Waals surface area contributed by atoms with E-state index < -0.39 is 23.2 Å². The number of primary amides is 1. The smallest absolute Gasteiger partial charge is 0.407 e. The Labute approximate surface area is 417 Å². The Bertz CT molecular complexity index is 1430. The van der Waals surface area contributed by atoms with E-state index in [-0.39, 0.29) is 37.2 Å². The minimum atomic E-state index is -0.678. The van der Waals surface area contributed by atoms with E-state index >= 15 is 0 Å². The molecule has 0 bridgehead atoms. The SMILES string of the molecule is C=C(C)O.CC.CC.CC.CC.CSCC(C)C.Cc1ncsc1-c1ccc(CCCCCNC(=O)C(NC(=O)COCCOCCOCCNC(=O)OC(C)(C)C)C(C)(C)C)cc1.NC=O. The number of thiazole rings is 1. The van der Waals surface area contributed by atoms with Gasteiger partial charge in [-0.2, -0.15) is 11.8 Å². The average Bonchev–Trinajstić information content (AvgIpc) is 3.70. The molecule has 0 aliphatic carbocycles. The second kappa shape index (κ2) is 51.7. The lowest BCUT2D eigenvalue weighted by Crippen LogP contribution is -2.54. The lowest BCUT2D eigenvalue weighted by atomic mass is 9.86. The van der Waals surface area contributed by atoms with Crippen molar-refractivity contribution < 1.29 is 43.2 Å². The fourth-order valence-corrected chi connectivity index (χ4v) is 6.18. The quantitative estimate of drug-likeness (QED) is 0.0427. The summed E-state index contributed by atoms with van der Waals surface area (Å²) in [7, 11) is 0. The largest absolute Gasteiger partial charge is 0.513 e. The summed E-state index contributed by atoms with van der Waals surface area (Å²) < 4.78 is 21.4. The van der Waals surface area contributed by atoms with Crippen molar-refractivity contribution in [2.45, 2.75) is 162 Å². The summed E-state index contributed by atoms with van der Waals surface area (Å²) >= 11 is 3.57. The van der Waals surface area contributed by atoms with Gasteiger partial charge in [0.05, 0.1) is 54.9 Å². The Kier molecular flexibility index (Phi) is 57.7. The van der Waals surface area contributed by atoms with Crippen LogP contribution in [0, 0.1) is 18.3 Å². The van der Waals surface area contributed by atoms with E-state index in [0.717, 1.165) is 37.3 Å². The summed E-state index contributed by atoms with van der Waals surface area (Å²) in [4.78, 5) is 51.1. The minimum absolute atomic E-state index is 0.166. The molecule has 394 valence electrons. The Balaban J connectivity index is -0.000000375. The Morgan fingerprint density at radius 2 is 1.33 bits per heavy atom. The monoisotopic (exact) mass is 990 g/mol. The molecular formula is C51H99N5O9S2. The fraction of sp³-hybridized carbons (Fsp3) is 0.706. The number of hydrogen-bond acceptors (Lipinski definition) is 12. The van der Waals surface area contributed by atoms with Gasteiger partial charge in [-0.05, 0) is 88.3 Å². The standard InChI is InChI=1S/C34H54N4O7S.C5H12S.C3H6O.4C2H6.CH3NO/c1-25-29(46-24-37-25)27-14-12-26(13-15-27)11-9-8-10-16-35-31(40)30(33(2,3)4)38-28(39)23-44-22-21-43-20-19-42-18-17-36-32(41)45-34(5,6)7;1-5(2)4-6-3;1-3(2)4;4*1-2;2-1-3/h12-15,24,30H,8-11,16-23H2,1-7H3,(H,35,40)(H,36,41)(H,38,39);5H,4H2,1-3H3;4H,1H2,2H3;4*1-2H3;1H,(H2,2,3). The number of allylic oxidation sites excluding steroid dienone is 1. The zero-order valence-electron chi connectivity index (χ0n) is 45.6. The molecule has 0 saturated carbocycles. The molecule has 1 atom stereocenters. The normalized spacial score (nSPS) is 10.3. The van der Waals surface area contributed by atoms with Gasteiger partial charge in [0.15, 0.2) is 0 Å². The molecule has 0 aliphatic rings. The molecule has 1 aromatic carbocycles. The molecule has 0 saturated heterocycles. The van der Waals surface area contributed by atoms with Gasteiger partial charge >= 0.3 is 6.09 Å². The fourth-order valence-electron chi connectivity index (χ4n) is 4.70. The van der Waals surface area contributed by atoms with Gasteiger partial charge in [-0.1, -0.05) is 127 Å². The van der Waals surface area contributed by atoms with E-state index in [1.807, 2.05) is 100 Å². The summed E-state index contributed by atoms with van der Waals surface area (Å²) in [6.07, 6.45) is 5.80. The lowest BCUT2D eigenvalue weighted by molar-refractivity contribution is -0.134. The molecule has 0 spiro atoms. The van der Waals surface area contributed by atoms with E-state index in [2.05, 4.69) is 77.6 Å². The Hall–Kier alpha value is -3.70. The van der Waals surface area contributed by atoms with Gasteiger partial charge in [-0.3, -0.25) is 14.4 Å². The van der Waals surface area contributed by atoms with Crippen LogP contribution in [0.15, 0.2) is 42.1 Å². The van der Waals surface area contributed by atoms with E-state index in [1.54, 1.807) is 32.1 Å². The maximum atomic E-state index is 12.9. The first-order valence-corrected chi connectivity index (χ1v) is 26.2. The van der Waals surface area contributed by atoms with Crippen molar-refractivity contribution in [3.63, 3.8) is 0 Å². The van der Waals surface area contributed by atoms with Crippen molar-refractivity contribution in [3.05, 3.63) is 53.4 Å². The minimum Gasteiger partial charge on any atom is -0.513 e. The maximum absolute atomic E-state index is 12.9. The second-order valence-electron chi connectivity index (χ2n) is 15.9. The molecule has 14 nitrogen and oxygen atoms in total. The molecule has 1 heterocycles. The van der Waals surface area contributed by atoms with Crippen molar-refractivity contribution in [1.82, 2.24) is 20.9 Å². The first-order chi connectivity index (χ1) is 31.7. The van der Waals surface area contributed by atoms with Crippen molar-refractivity contribution in [2.75, 3.05) is 64.7 Å². The number of aliphatic hydroxyl groups is 1. The molecule has 67 heavy (non-hydrogen) atoms. The molecular weight excluding hydrogens is 891 g/mol. The number of nitrogens with zero attached hydrogens (tertiary/aromatic N) is 1. The number of nitrogens with two attached hydrogens (primary N) is 1. The van der Waals surface area contributed by atoms with E-state index in [4.69, 9.17) is 28.8 Å². The topological polar surface area (TPSA) is 200 Å². The van der Waals surface area contributed by atoms with Crippen LogP contribution in [0.1, 0.15) is 148 Å². The molecule has 2 aromatic rings. The molecule has 6 N–H and O–H groups in total. The Morgan fingerprint density at radius 1 is 0.836 bits per heavy atom. The summed E-state index contributed by atoms with van der Waals surface area (Å²) in [5.41, 5.74) is 8.61. The van der Waals surface area contributed by atoms with Crippen LogP contribution in [0.5, 0.6) is 0 Å². The van der Waals surface area contributed by atoms with E-state index in [9.17, 15) is 14.4 Å². The summed E-state index contributed by atoms with van der Waals surface area (Å²) in [6, 6.07) is 8.00. The average molecular weight is 991 g/mol. The number of carbonyl (C=O) groups is 4. The highest BCUT2D eigenvalue weighted by molar-refractivity contribution is 7.98. The van der Waals surface area contributed by atoms with Crippen LogP contribution in [0.3, 0.4) is 0 Å². The summed E-state index contributed by atoms with van der Waals surface area (Å²) in [6.45, 7) is 40.6. The van der Waals surface area contributed by atoms with Crippen molar-refractivity contribution >= 4 is 47.4 Å². The number of aliphatic hydroxyl groups excluding tert-OH is 1. The number of aryl methyl sites for hydroxylation is 2. The number of thioether (sulfide) groups is 1. The number of aromatic nitrogens is 1. The number of ether oxygens (including phenoxy) is 4. The molecule has 0 aliphatic heterocycles. The van der Waals surface area contributed by atoms with E-state index in [0.29, 0.717) is 39.5 Å². The first kappa shape index (κ1) is 74.8. The zero-order valence-corrected chi connectivity index (χ0v) is 47.2.